The number of unbranched alkanes of at least 4 members (excludes halogenated alkanes) is 1. The molecule has 1 heterocycles. The smallest absolute Gasteiger partial charge is 0.326 e. The summed E-state index contributed by atoms with van der Waals surface area (Å²) in [6, 6.07) is 6.89. The summed E-state index contributed by atoms with van der Waals surface area (Å²) in [5.74, 6) is -10.3. The van der Waals surface area contributed by atoms with Crippen LogP contribution in [0.25, 0.3) is 10.8 Å². The molecule has 0 bridgehead atoms. The molecular weight excluding hydrogens is 842 g/mol. The SMILES string of the molecule is Cc1cc(C(=O)NC(CCC(=O)O)C(=O)NC(CCC(=O)O)C(=O)NC(Cc2ccc3ccccc3c2)C(=O)NCCCCC(NC(=O)NC(CCC(=O)O)C(=O)O)C(=O)O)ccn1. The number of nitrogens with one attached hydrogen (secondary N) is 6. The number of fused-ring (bicyclic) bond motifs is 1. The van der Waals surface area contributed by atoms with Gasteiger partial charge in [0, 0.05) is 49.7 Å². The summed E-state index contributed by atoms with van der Waals surface area (Å²) in [5, 5.41) is 62.5. The monoisotopic (exact) mass is 893 g/mol. The lowest BCUT2D eigenvalue weighted by atomic mass is 10.00. The van der Waals surface area contributed by atoms with Gasteiger partial charge in [0.15, 0.2) is 0 Å². The summed E-state index contributed by atoms with van der Waals surface area (Å²) in [4.78, 5) is 128. The lowest BCUT2D eigenvalue weighted by Crippen LogP contribution is -2.57. The van der Waals surface area contributed by atoms with E-state index in [1.165, 1.54) is 18.3 Å². The number of benzene rings is 2. The molecule has 0 aliphatic rings. The maximum atomic E-state index is 13.9. The van der Waals surface area contributed by atoms with E-state index in [0.717, 1.165) is 10.8 Å². The Labute approximate surface area is 365 Å². The molecule has 22 nitrogen and oxygen atoms in total. The van der Waals surface area contributed by atoms with Crippen molar-refractivity contribution >= 4 is 70.3 Å². The molecule has 0 aliphatic heterocycles. The standard InChI is InChI=1S/C42H51N7O15/c1-23-20-27(17-19-43-23)36(56)45-28(11-14-33(50)51)38(58)46-29(12-15-34(52)53)39(59)47-32(22-24-9-10-25-6-2-3-7-26(25)21-24)37(57)44-18-5-4-8-30(40(60)61)48-42(64)49-31(41(62)63)13-16-35(54)55/h2-3,6-7,9-10,17,19-21,28-32H,4-5,8,11-16,18,22H2,1H3,(H,44,57)(H,45,56)(H,46,58)(H,47,59)(H,50,51)(H,52,53)(H,54,55)(H,60,61)(H,62,63)(H2,48,49,64). The minimum absolute atomic E-state index is 0.0567. The topological polar surface area (TPSA) is 357 Å². The van der Waals surface area contributed by atoms with Gasteiger partial charge in [-0.05, 0) is 73.9 Å². The zero-order chi connectivity index (χ0) is 47.3. The molecule has 64 heavy (non-hydrogen) atoms. The number of carboxylic acid groups (broad SMARTS) is 5. The van der Waals surface area contributed by atoms with Gasteiger partial charge in [0.1, 0.15) is 30.2 Å². The van der Waals surface area contributed by atoms with Gasteiger partial charge in [-0.15, -0.1) is 0 Å². The highest BCUT2D eigenvalue weighted by Gasteiger charge is 2.31. The Morgan fingerprint density at radius 1 is 0.547 bits per heavy atom. The maximum Gasteiger partial charge on any atom is 0.326 e. The van der Waals surface area contributed by atoms with Gasteiger partial charge in [-0.25, -0.2) is 14.4 Å². The first-order valence-corrected chi connectivity index (χ1v) is 20.1. The van der Waals surface area contributed by atoms with E-state index < -0.39 is 128 Å². The van der Waals surface area contributed by atoms with Gasteiger partial charge < -0.3 is 57.4 Å². The van der Waals surface area contributed by atoms with E-state index in [9.17, 15) is 68.4 Å². The third-order valence-corrected chi connectivity index (χ3v) is 9.67. The number of nitrogens with zero attached hydrogens (tertiary/aromatic N) is 1. The molecule has 0 aliphatic carbocycles. The fourth-order valence-corrected chi connectivity index (χ4v) is 6.31. The molecule has 3 aromatic rings. The number of urea groups is 1. The molecule has 0 spiro atoms. The number of carboxylic acids is 5. The van der Waals surface area contributed by atoms with Crippen LogP contribution < -0.4 is 31.9 Å². The summed E-state index contributed by atoms with van der Waals surface area (Å²) in [6.07, 6.45) is -1.65. The maximum absolute atomic E-state index is 13.9. The Morgan fingerprint density at radius 3 is 1.64 bits per heavy atom. The molecule has 22 heteroatoms. The van der Waals surface area contributed by atoms with Crippen LogP contribution in [-0.4, -0.2) is 127 Å². The number of amides is 6. The average Bonchev–Trinajstić information content (AvgIpc) is 3.23. The highest BCUT2D eigenvalue weighted by molar-refractivity contribution is 5.99. The van der Waals surface area contributed by atoms with Crippen LogP contribution in [0.3, 0.4) is 0 Å². The van der Waals surface area contributed by atoms with Crippen molar-refractivity contribution in [3.8, 4) is 0 Å². The van der Waals surface area contributed by atoms with Crippen molar-refractivity contribution in [3.05, 3.63) is 77.6 Å². The van der Waals surface area contributed by atoms with Crippen LogP contribution in [0.2, 0.25) is 0 Å². The normalized spacial score (nSPS) is 13.1. The number of hydrogen-bond acceptors (Lipinski definition) is 11. The lowest BCUT2D eigenvalue weighted by Gasteiger charge is -2.25. The first-order chi connectivity index (χ1) is 30.3. The van der Waals surface area contributed by atoms with Crippen LogP contribution in [0.15, 0.2) is 60.8 Å². The molecule has 6 amide bonds. The summed E-state index contributed by atoms with van der Waals surface area (Å²) >= 11 is 0. The third-order valence-electron chi connectivity index (χ3n) is 9.67. The van der Waals surface area contributed by atoms with E-state index in [1.807, 2.05) is 29.6 Å². The molecule has 3 rings (SSSR count). The predicted octanol–water partition coefficient (Wildman–Crippen LogP) is 0.940. The van der Waals surface area contributed by atoms with Gasteiger partial charge in [-0.3, -0.25) is 38.5 Å². The number of carbonyl (C=O) groups is 10. The van der Waals surface area contributed by atoms with E-state index >= 15 is 0 Å². The minimum Gasteiger partial charge on any atom is -0.481 e. The van der Waals surface area contributed by atoms with Gasteiger partial charge in [-0.2, -0.15) is 0 Å². The van der Waals surface area contributed by atoms with Gasteiger partial charge in [0.25, 0.3) is 5.91 Å². The van der Waals surface area contributed by atoms with Crippen LogP contribution in [-0.2, 0) is 44.8 Å². The van der Waals surface area contributed by atoms with E-state index in [0.29, 0.717) is 11.3 Å². The van der Waals surface area contributed by atoms with E-state index in [1.54, 1.807) is 25.1 Å². The Hall–Kier alpha value is -7.65. The number of aromatic nitrogens is 1. The van der Waals surface area contributed by atoms with Crippen molar-refractivity contribution in [1.82, 2.24) is 36.9 Å². The number of rotatable bonds is 27. The van der Waals surface area contributed by atoms with Crippen molar-refractivity contribution in [2.75, 3.05) is 6.54 Å². The Balaban J connectivity index is 1.76. The van der Waals surface area contributed by atoms with Crippen LogP contribution in [0.5, 0.6) is 0 Å². The molecular formula is C42H51N7O15. The average molecular weight is 894 g/mol. The predicted molar refractivity (Wildman–Crippen MR) is 224 cm³/mol. The Kier molecular flexibility index (Phi) is 20.1. The molecule has 11 N–H and O–H groups in total. The third kappa shape index (κ3) is 17.8. The van der Waals surface area contributed by atoms with Crippen LogP contribution in [0.1, 0.15) is 79.4 Å². The van der Waals surface area contributed by atoms with E-state index in [-0.39, 0.29) is 37.8 Å². The number of pyridine rings is 1. The first-order valence-electron chi connectivity index (χ1n) is 20.1. The van der Waals surface area contributed by atoms with E-state index in [2.05, 4.69) is 31.6 Å². The van der Waals surface area contributed by atoms with Crippen molar-refractivity contribution < 1.29 is 73.5 Å². The van der Waals surface area contributed by atoms with Gasteiger partial charge in [0.2, 0.25) is 17.7 Å². The van der Waals surface area contributed by atoms with Crippen LogP contribution in [0.4, 0.5) is 4.79 Å². The molecule has 0 saturated carbocycles. The fourth-order valence-electron chi connectivity index (χ4n) is 6.31. The minimum atomic E-state index is -1.59. The fraction of sp³-hybridized carbons (Fsp3) is 0.405. The Bertz CT molecular complexity index is 2200. The van der Waals surface area contributed by atoms with Crippen molar-refractivity contribution in [3.63, 3.8) is 0 Å². The van der Waals surface area contributed by atoms with Crippen molar-refractivity contribution in [2.45, 2.75) is 101 Å². The molecule has 0 fully saturated rings. The van der Waals surface area contributed by atoms with Gasteiger partial charge >= 0.3 is 35.9 Å². The zero-order valence-corrected chi connectivity index (χ0v) is 34.7. The molecule has 1 aromatic heterocycles. The second kappa shape index (κ2) is 25.3. The highest BCUT2D eigenvalue weighted by atomic mass is 16.4. The molecule has 2 aromatic carbocycles. The molecule has 0 radical (unpaired) electrons. The Morgan fingerprint density at radius 2 is 1.08 bits per heavy atom. The first kappa shape index (κ1) is 50.7. The van der Waals surface area contributed by atoms with Crippen LogP contribution >= 0.6 is 0 Å². The molecule has 344 valence electrons. The summed E-state index contributed by atoms with van der Waals surface area (Å²) < 4.78 is 0. The number of aryl methyl sites for hydroxylation is 1. The van der Waals surface area contributed by atoms with Gasteiger partial charge in [-0.1, -0.05) is 42.5 Å². The second-order valence-corrected chi connectivity index (χ2v) is 14.7. The quantitative estimate of drug-likeness (QED) is 0.0474. The highest BCUT2D eigenvalue weighted by Crippen LogP contribution is 2.17. The van der Waals surface area contributed by atoms with Crippen molar-refractivity contribution in [2.24, 2.45) is 0 Å². The number of aliphatic carboxylic acids is 5. The molecule has 5 atom stereocenters. The molecule has 5 unspecified atom stereocenters. The van der Waals surface area contributed by atoms with E-state index in [4.69, 9.17) is 5.11 Å². The van der Waals surface area contributed by atoms with Crippen molar-refractivity contribution in [1.29, 1.82) is 0 Å². The number of hydrogen-bond donors (Lipinski definition) is 11. The largest absolute Gasteiger partial charge is 0.481 e. The summed E-state index contributed by atoms with van der Waals surface area (Å²) in [7, 11) is 0. The van der Waals surface area contributed by atoms with Crippen LogP contribution in [0, 0.1) is 6.92 Å². The number of carbonyl (C=O) groups excluding carboxylic acids is 5. The zero-order valence-electron chi connectivity index (χ0n) is 34.7. The summed E-state index contributed by atoms with van der Waals surface area (Å²) in [5.41, 5.74) is 1.21. The van der Waals surface area contributed by atoms with Gasteiger partial charge in [0.05, 0.1) is 0 Å². The lowest BCUT2D eigenvalue weighted by molar-refractivity contribution is -0.141. The molecule has 0 saturated heterocycles. The second-order valence-electron chi connectivity index (χ2n) is 14.7. The summed E-state index contributed by atoms with van der Waals surface area (Å²) in [6.45, 7) is 1.57.